The van der Waals surface area contributed by atoms with Crippen LogP contribution in [0.1, 0.15) is 15.9 Å². The Kier molecular flexibility index (Phi) is 3.54. The molecular formula is C18H11N3O2. The molecule has 2 aromatic rings. The third-order valence-electron chi connectivity index (χ3n) is 3.61. The minimum atomic E-state index is -0.271. The second-order valence-electron chi connectivity index (χ2n) is 4.83. The molecule has 0 bridgehead atoms. The minimum Gasteiger partial charge on any atom is -0.497 e. The Labute approximate surface area is 133 Å². The van der Waals surface area contributed by atoms with Crippen molar-refractivity contribution in [2.75, 3.05) is 12.0 Å². The van der Waals surface area contributed by atoms with Crippen LogP contribution in [0.25, 0.3) is 5.70 Å². The van der Waals surface area contributed by atoms with Gasteiger partial charge in [0.1, 0.15) is 17.9 Å². The molecule has 0 atom stereocenters. The standard InChI is InChI=1S/C18H11N3O2/c1-23-14-6-4-5-13(9-14)21-17(12(10-19)11-20)15-7-2-3-8-16(15)18(21)22/h2-9H,1H3. The zero-order valence-corrected chi connectivity index (χ0v) is 12.3. The topological polar surface area (TPSA) is 77.1 Å². The van der Waals surface area contributed by atoms with E-state index in [0.29, 0.717) is 28.3 Å². The fourth-order valence-corrected chi connectivity index (χ4v) is 2.59. The molecule has 0 spiro atoms. The number of amides is 1. The maximum atomic E-state index is 12.8. The van der Waals surface area contributed by atoms with Crippen LogP contribution < -0.4 is 9.64 Å². The van der Waals surface area contributed by atoms with Gasteiger partial charge in [0, 0.05) is 17.2 Å². The predicted octanol–water partition coefficient (Wildman–Crippen LogP) is 3.11. The van der Waals surface area contributed by atoms with E-state index in [1.54, 1.807) is 48.5 Å². The number of nitrogens with zero attached hydrogens (tertiary/aromatic N) is 3. The van der Waals surface area contributed by atoms with Crippen LogP contribution in [0.5, 0.6) is 5.75 Å². The molecule has 1 amide bonds. The van der Waals surface area contributed by atoms with Crippen LogP contribution in [0.4, 0.5) is 5.69 Å². The zero-order valence-electron chi connectivity index (χ0n) is 12.3. The number of carbonyl (C=O) groups is 1. The van der Waals surface area contributed by atoms with E-state index in [4.69, 9.17) is 4.74 Å². The van der Waals surface area contributed by atoms with Gasteiger partial charge in [-0.3, -0.25) is 9.69 Å². The third-order valence-corrected chi connectivity index (χ3v) is 3.61. The number of fused-ring (bicyclic) bond motifs is 1. The van der Waals surface area contributed by atoms with Crippen LogP contribution >= 0.6 is 0 Å². The summed E-state index contributed by atoms with van der Waals surface area (Å²) in [4.78, 5) is 14.2. The van der Waals surface area contributed by atoms with Crippen LogP contribution in [-0.4, -0.2) is 13.0 Å². The van der Waals surface area contributed by atoms with Crippen LogP contribution in [0.3, 0.4) is 0 Å². The number of rotatable bonds is 2. The molecule has 3 rings (SSSR count). The predicted molar refractivity (Wildman–Crippen MR) is 84.4 cm³/mol. The number of ether oxygens (including phenoxy) is 1. The number of carbonyl (C=O) groups excluding carboxylic acids is 1. The summed E-state index contributed by atoms with van der Waals surface area (Å²) < 4.78 is 5.19. The van der Waals surface area contributed by atoms with E-state index in [1.807, 2.05) is 12.1 Å². The molecular weight excluding hydrogens is 290 g/mol. The molecule has 110 valence electrons. The Hall–Kier alpha value is -3.57. The lowest BCUT2D eigenvalue weighted by atomic mass is 10.1. The van der Waals surface area contributed by atoms with Crippen molar-refractivity contribution in [3.63, 3.8) is 0 Å². The first-order valence-corrected chi connectivity index (χ1v) is 6.83. The average Bonchev–Trinajstić information content (AvgIpc) is 2.90. The summed E-state index contributed by atoms with van der Waals surface area (Å²) in [7, 11) is 1.53. The maximum Gasteiger partial charge on any atom is 0.263 e. The zero-order chi connectivity index (χ0) is 16.4. The number of benzene rings is 2. The highest BCUT2D eigenvalue weighted by Gasteiger charge is 2.35. The molecule has 0 N–H and O–H groups in total. The molecule has 0 saturated carbocycles. The van der Waals surface area contributed by atoms with Gasteiger partial charge in [-0.15, -0.1) is 0 Å². The molecule has 0 saturated heterocycles. The summed E-state index contributed by atoms with van der Waals surface area (Å²) >= 11 is 0. The number of hydrogen-bond acceptors (Lipinski definition) is 4. The third kappa shape index (κ3) is 2.21. The molecule has 0 unspecified atom stereocenters. The Morgan fingerprint density at radius 3 is 2.39 bits per heavy atom. The SMILES string of the molecule is COc1cccc(N2C(=O)c3ccccc3C2=C(C#N)C#N)c1. The smallest absolute Gasteiger partial charge is 0.263 e. The normalized spacial score (nSPS) is 12.4. The van der Waals surface area contributed by atoms with Crippen LogP contribution in [0.15, 0.2) is 54.1 Å². The van der Waals surface area contributed by atoms with Gasteiger partial charge >= 0.3 is 0 Å². The minimum absolute atomic E-state index is 0.105. The quantitative estimate of drug-likeness (QED) is 0.798. The van der Waals surface area contributed by atoms with Gasteiger partial charge in [-0.25, -0.2) is 0 Å². The van der Waals surface area contributed by atoms with Gasteiger partial charge in [-0.2, -0.15) is 10.5 Å². The molecule has 2 aromatic carbocycles. The van der Waals surface area contributed by atoms with Crippen molar-refractivity contribution in [3.05, 3.63) is 65.2 Å². The van der Waals surface area contributed by atoms with Crippen molar-refractivity contribution in [1.82, 2.24) is 0 Å². The maximum absolute atomic E-state index is 12.8. The van der Waals surface area contributed by atoms with Crippen LogP contribution in [-0.2, 0) is 0 Å². The van der Waals surface area contributed by atoms with Gasteiger partial charge < -0.3 is 4.74 Å². The molecule has 0 aromatic heterocycles. The van der Waals surface area contributed by atoms with E-state index in [0.717, 1.165) is 0 Å². The molecule has 5 heteroatoms. The first kappa shape index (κ1) is 14.4. The van der Waals surface area contributed by atoms with E-state index >= 15 is 0 Å². The molecule has 0 aliphatic carbocycles. The average molecular weight is 301 g/mol. The summed E-state index contributed by atoms with van der Waals surface area (Å²) in [6.45, 7) is 0. The van der Waals surface area contributed by atoms with Gasteiger partial charge in [0.15, 0.2) is 5.57 Å². The summed E-state index contributed by atoms with van der Waals surface area (Å²) in [6, 6.07) is 17.6. The fraction of sp³-hybridized carbons (Fsp3) is 0.0556. The Balaban J connectivity index is 2.28. The number of anilines is 1. The van der Waals surface area contributed by atoms with Crippen molar-refractivity contribution >= 4 is 17.3 Å². The van der Waals surface area contributed by atoms with Crippen LogP contribution in [0, 0.1) is 22.7 Å². The summed E-state index contributed by atoms with van der Waals surface area (Å²) in [6.07, 6.45) is 0. The number of hydrogen-bond donors (Lipinski definition) is 0. The van der Waals surface area contributed by atoms with E-state index in [2.05, 4.69) is 0 Å². The van der Waals surface area contributed by atoms with Crippen molar-refractivity contribution < 1.29 is 9.53 Å². The molecule has 0 fully saturated rings. The van der Waals surface area contributed by atoms with E-state index in [-0.39, 0.29) is 11.5 Å². The highest BCUT2D eigenvalue weighted by Crippen LogP contribution is 2.39. The second-order valence-corrected chi connectivity index (χ2v) is 4.83. The lowest BCUT2D eigenvalue weighted by Crippen LogP contribution is -2.23. The van der Waals surface area contributed by atoms with Crippen molar-refractivity contribution in [1.29, 1.82) is 10.5 Å². The summed E-state index contributed by atoms with van der Waals surface area (Å²) in [5.41, 5.74) is 1.80. The second kappa shape index (κ2) is 5.67. The van der Waals surface area contributed by atoms with Gasteiger partial charge in [0.05, 0.1) is 18.5 Å². The van der Waals surface area contributed by atoms with Crippen molar-refractivity contribution in [2.45, 2.75) is 0 Å². The number of methoxy groups -OCH3 is 1. The van der Waals surface area contributed by atoms with Gasteiger partial charge in [-0.1, -0.05) is 24.3 Å². The lowest BCUT2D eigenvalue weighted by molar-refractivity contribution is 0.101. The van der Waals surface area contributed by atoms with Gasteiger partial charge in [0.25, 0.3) is 5.91 Å². The first-order valence-electron chi connectivity index (χ1n) is 6.83. The Bertz CT molecular complexity index is 900. The highest BCUT2D eigenvalue weighted by atomic mass is 16.5. The molecule has 1 aliphatic rings. The molecule has 1 heterocycles. The summed E-state index contributed by atoms with van der Waals surface area (Å²) in [5, 5.41) is 18.5. The number of allylic oxidation sites excluding steroid dienone is 1. The van der Waals surface area contributed by atoms with Crippen LogP contribution in [0.2, 0.25) is 0 Å². The largest absolute Gasteiger partial charge is 0.497 e. The van der Waals surface area contributed by atoms with E-state index in [1.165, 1.54) is 12.0 Å². The molecule has 5 nitrogen and oxygen atoms in total. The highest BCUT2D eigenvalue weighted by molar-refractivity contribution is 6.23. The van der Waals surface area contributed by atoms with Gasteiger partial charge in [0.2, 0.25) is 0 Å². The Morgan fingerprint density at radius 1 is 1.04 bits per heavy atom. The van der Waals surface area contributed by atoms with Gasteiger partial charge in [-0.05, 0) is 18.2 Å². The first-order chi connectivity index (χ1) is 11.2. The molecule has 1 aliphatic heterocycles. The molecule has 23 heavy (non-hydrogen) atoms. The van der Waals surface area contributed by atoms with E-state index < -0.39 is 0 Å². The van der Waals surface area contributed by atoms with Crippen molar-refractivity contribution in [2.24, 2.45) is 0 Å². The lowest BCUT2D eigenvalue weighted by Gasteiger charge is -2.19. The van der Waals surface area contributed by atoms with Crippen molar-refractivity contribution in [3.8, 4) is 17.9 Å². The monoisotopic (exact) mass is 301 g/mol. The summed E-state index contributed by atoms with van der Waals surface area (Å²) in [5.74, 6) is 0.313. The number of nitriles is 2. The molecule has 0 radical (unpaired) electrons. The Morgan fingerprint density at radius 2 is 1.74 bits per heavy atom. The van der Waals surface area contributed by atoms with E-state index in [9.17, 15) is 15.3 Å². The fourth-order valence-electron chi connectivity index (χ4n) is 2.59.